The molecule has 1 aromatic carbocycles. The highest BCUT2D eigenvalue weighted by molar-refractivity contribution is 8.14. The van der Waals surface area contributed by atoms with Gasteiger partial charge < -0.3 is 0 Å². The zero-order valence-corrected chi connectivity index (χ0v) is 12.7. The maximum Gasteiger partial charge on any atom is 0.231 e. The van der Waals surface area contributed by atoms with Gasteiger partial charge in [0.05, 0.1) is 5.69 Å². The van der Waals surface area contributed by atoms with Crippen LogP contribution in [0, 0.1) is 12.8 Å². The van der Waals surface area contributed by atoms with Gasteiger partial charge in [0.15, 0.2) is 5.17 Å². The number of amidine groups is 1. The lowest BCUT2D eigenvalue weighted by atomic mass is 10.1. The summed E-state index contributed by atoms with van der Waals surface area (Å²) in [6, 6.07) is 8.08. The molecular formula is C16H20N2OS. The maximum absolute atomic E-state index is 12.6. The minimum atomic E-state index is 0.232. The predicted molar refractivity (Wildman–Crippen MR) is 84.4 cm³/mol. The summed E-state index contributed by atoms with van der Waals surface area (Å²) >= 11 is 1.70. The van der Waals surface area contributed by atoms with Crippen molar-refractivity contribution in [3.8, 4) is 0 Å². The van der Waals surface area contributed by atoms with Crippen LogP contribution in [0.3, 0.4) is 0 Å². The third-order valence-corrected chi connectivity index (χ3v) is 5.04. The van der Waals surface area contributed by atoms with Crippen molar-refractivity contribution in [1.29, 1.82) is 0 Å². The van der Waals surface area contributed by atoms with Crippen molar-refractivity contribution in [3.63, 3.8) is 0 Å². The fourth-order valence-electron chi connectivity index (χ4n) is 2.88. The highest BCUT2D eigenvalue weighted by atomic mass is 32.2. The molecule has 0 N–H and O–H groups in total. The zero-order valence-electron chi connectivity index (χ0n) is 11.8. The molecule has 1 aromatic rings. The Morgan fingerprint density at radius 2 is 2.05 bits per heavy atom. The molecule has 0 spiro atoms. The Balaban J connectivity index is 1.81. The van der Waals surface area contributed by atoms with E-state index in [9.17, 15) is 4.79 Å². The molecule has 0 unspecified atom stereocenters. The number of hydrogen-bond acceptors (Lipinski definition) is 3. The van der Waals surface area contributed by atoms with Crippen LogP contribution in [0.5, 0.6) is 0 Å². The normalized spacial score (nSPS) is 21.9. The van der Waals surface area contributed by atoms with E-state index >= 15 is 0 Å². The molecule has 0 bridgehead atoms. The van der Waals surface area contributed by atoms with Crippen molar-refractivity contribution < 1.29 is 4.79 Å². The molecule has 1 saturated carbocycles. The minimum Gasteiger partial charge on any atom is -0.290 e. The number of carbonyl (C=O) groups is 1. The molecule has 0 aromatic heterocycles. The first-order valence-corrected chi connectivity index (χ1v) is 8.33. The molecule has 0 atom stereocenters. The summed E-state index contributed by atoms with van der Waals surface area (Å²) in [5.74, 6) is 1.49. The molecule has 1 heterocycles. The molecule has 0 radical (unpaired) electrons. The van der Waals surface area contributed by atoms with Gasteiger partial charge in [-0.3, -0.25) is 9.69 Å². The summed E-state index contributed by atoms with van der Waals surface area (Å²) in [6.07, 6.45) is 4.50. The quantitative estimate of drug-likeness (QED) is 0.830. The van der Waals surface area contributed by atoms with E-state index in [1.165, 1.54) is 12.8 Å². The third kappa shape index (κ3) is 2.75. The van der Waals surface area contributed by atoms with Crippen molar-refractivity contribution in [3.05, 3.63) is 29.8 Å². The molecular weight excluding hydrogens is 268 g/mol. The van der Waals surface area contributed by atoms with Gasteiger partial charge in [-0.05, 0) is 31.4 Å². The van der Waals surface area contributed by atoms with Gasteiger partial charge in [-0.15, -0.1) is 0 Å². The van der Waals surface area contributed by atoms with Crippen molar-refractivity contribution in [2.75, 3.05) is 12.3 Å². The van der Waals surface area contributed by atoms with E-state index in [0.717, 1.165) is 41.6 Å². The van der Waals surface area contributed by atoms with Gasteiger partial charge in [0.25, 0.3) is 0 Å². The van der Waals surface area contributed by atoms with E-state index in [4.69, 9.17) is 4.99 Å². The van der Waals surface area contributed by atoms with Crippen LogP contribution in [0.25, 0.3) is 0 Å². The van der Waals surface area contributed by atoms with Crippen LogP contribution in [0.4, 0.5) is 5.69 Å². The highest BCUT2D eigenvalue weighted by Crippen LogP contribution is 2.31. The Morgan fingerprint density at radius 1 is 1.30 bits per heavy atom. The van der Waals surface area contributed by atoms with Crippen molar-refractivity contribution >= 4 is 28.5 Å². The third-order valence-electron chi connectivity index (χ3n) is 4.08. The van der Waals surface area contributed by atoms with Crippen LogP contribution in [0.2, 0.25) is 0 Å². The van der Waals surface area contributed by atoms with Gasteiger partial charge in [-0.1, -0.05) is 42.8 Å². The molecule has 20 heavy (non-hydrogen) atoms. The number of carbonyl (C=O) groups excluding carboxylic acids is 1. The number of rotatable bonds is 2. The lowest BCUT2D eigenvalue weighted by Gasteiger charge is -2.20. The second-order valence-corrected chi connectivity index (χ2v) is 6.56. The monoisotopic (exact) mass is 288 g/mol. The fraction of sp³-hybridized carbons (Fsp3) is 0.500. The molecule has 1 aliphatic heterocycles. The maximum atomic E-state index is 12.6. The van der Waals surface area contributed by atoms with Crippen molar-refractivity contribution in [1.82, 2.24) is 4.90 Å². The van der Waals surface area contributed by atoms with E-state index in [0.29, 0.717) is 5.91 Å². The summed E-state index contributed by atoms with van der Waals surface area (Å²) in [5, 5.41) is 0.885. The standard InChI is InChI=1S/C16H20N2OS/c1-12-6-2-5-9-14(12)17-16-18(10-11-20-16)15(19)13-7-3-4-8-13/h2,5-6,9,13H,3-4,7-8,10-11H2,1H3. The minimum absolute atomic E-state index is 0.232. The largest absolute Gasteiger partial charge is 0.290 e. The van der Waals surface area contributed by atoms with E-state index < -0.39 is 0 Å². The van der Waals surface area contributed by atoms with Gasteiger partial charge in [0, 0.05) is 18.2 Å². The number of hydrogen-bond donors (Lipinski definition) is 0. The van der Waals surface area contributed by atoms with Gasteiger partial charge in [0.1, 0.15) is 0 Å². The first-order valence-electron chi connectivity index (χ1n) is 7.34. The molecule has 3 rings (SSSR count). The Morgan fingerprint density at radius 3 is 2.80 bits per heavy atom. The second kappa shape index (κ2) is 6.00. The van der Waals surface area contributed by atoms with Crippen molar-refractivity contribution in [2.24, 2.45) is 10.9 Å². The Kier molecular flexibility index (Phi) is 4.10. The fourth-order valence-corrected chi connectivity index (χ4v) is 3.84. The zero-order chi connectivity index (χ0) is 13.9. The SMILES string of the molecule is Cc1ccccc1N=C1SCCN1C(=O)C1CCCC1. The summed E-state index contributed by atoms with van der Waals surface area (Å²) in [7, 11) is 0. The van der Waals surface area contributed by atoms with Gasteiger partial charge in [-0.25, -0.2) is 4.99 Å². The smallest absolute Gasteiger partial charge is 0.231 e. The summed E-state index contributed by atoms with van der Waals surface area (Å²) < 4.78 is 0. The topological polar surface area (TPSA) is 32.7 Å². The number of amides is 1. The van der Waals surface area contributed by atoms with Crippen LogP contribution in [0.15, 0.2) is 29.3 Å². The van der Waals surface area contributed by atoms with E-state index in [1.807, 2.05) is 23.1 Å². The van der Waals surface area contributed by atoms with Gasteiger partial charge >= 0.3 is 0 Å². The Hall–Kier alpha value is -1.29. The van der Waals surface area contributed by atoms with E-state index in [-0.39, 0.29) is 5.92 Å². The predicted octanol–water partition coefficient (Wildman–Crippen LogP) is 3.75. The number of para-hydroxylation sites is 1. The van der Waals surface area contributed by atoms with Gasteiger partial charge in [0.2, 0.25) is 5.91 Å². The second-order valence-electron chi connectivity index (χ2n) is 5.50. The number of thioether (sulfide) groups is 1. The summed E-state index contributed by atoms with van der Waals surface area (Å²) in [5.41, 5.74) is 2.13. The van der Waals surface area contributed by atoms with Crippen LogP contribution in [0.1, 0.15) is 31.2 Å². The van der Waals surface area contributed by atoms with Crippen LogP contribution >= 0.6 is 11.8 Å². The summed E-state index contributed by atoms with van der Waals surface area (Å²) in [4.78, 5) is 19.2. The number of aliphatic imine (C=N–C) groups is 1. The number of benzene rings is 1. The van der Waals surface area contributed by atoms with Crippen molar-refractivity contribution in [2.45, 2.75) is 32.6 Å². The van der Waals surface area contributed by atoms with Gasteiger partial charge in [-0.2, -0.15) is 0 Å². The Bertz CT molecular complexity index is 535. The Labute approximate surface area is 124 Å². The number of nitrogens with zero attached hydrogens (tertiary/aromatic N) is 2. The first-order chi connectivity index (χ1) is 9.75. The van der Waals surface area contributed by atoms with Crippen LogP contribution in [-0.2, 0) is 4.79 Å². The van der Waals surface area contributed by atoms with Crippen LogP contribution in [-0.4, -0.2) is 28.3 Å². The molecule has 4 heteroatoms. The lowest BCUT2D eigenvalue weighted by molar-refractivity contribution is -0.130. The molecule has 1 aliphatic carbocycles. The molecule has 2 fully saturated rings. The van der Waals surface area contributed by atoms with Crippen LogP contribution < -0.4 is 0 Å². The first kappa shape index (κ1) is 13.7. The average Bonchev–Trinajstić information content (AvgIpc) is 3.11. The molecule has 106 valence electrons. The lowest BCUT2D eigenvalue weighted by Crippen LogP contribution is -2.35. The molecule has 1 saturated heterocycles. The summed E-state index contributed by atoms with van der Waals surface area (Å²) in [6.45, 7) is 2.87. The average molecular weight is 288 g/mol. The van der Waals surface area contributed by atoms with E-state index in [2.05, 4.69) is 13.0 Å². The van der Waals surface area contributed by atoms with E-state index in [1.54, 1.807) is 11.8 Å². The number of aryl methyl sites for hydroxylation is 1. The molecule has 2 aliphatic rings. The highest BCUT2D eigenvalue weighted by Gasteiger charge is 2.32. The molecule has 1 amide bonds. The molecule has 3 nitrogen and oxygen atoms in total.